The highest BCUT2D eigenvalue weighted by atomic mass is 19.1. The lowest BCUT2D eigenvalue weighted by molar-refractivity contribution is -0.0563. The second-order valence-corrected chi connectivity index (χ2v) is 6.06. The Labute approximate surface area is 115 Å². The third-order valence-corrected chi connectivity index (χ3v) is 4.24. The van der Waals surface area contributed by atoms with E-state index in [1.807, 2.05) is 6.07 Å². The maximum absolute atomic E-state index is 13.9. The third-order valence-electron chi connectivity index (χ3n) is 4.24. The maximum Gasteiger partial charge on any atom is 0.167 e. The minimum atomic E-state index is -0.233. The average Bonchev–Trinajstić information content (AvgIpc) is 2.37. The second kappa shape index (κ2) is 5.49. The van der Waals surface area contributed by atoms with Gasteiger partial charge in [-0.25, -0.2) is 4.39 Å². The molecule has 0 radical (unpaired) electrons. The SMILES string of the molecule is CCCNC1CC(Oc2cccc(C)c2F)C1(C)C. The molecule has 2 atom stereocenters. The lowest BCUT2D eigenvalue weighted by Gasteiger charge is -2.51. The van der Waals surface area contributed by atoms with Crippen LogP contribution in [-0.4, -0.2) is 18.7 Å². The normalized spacial score (nSPS) is 24.9. The van der Waals surface area contributed by atoms with Gasteiger partial charge in [0.05, 0.1) is 0 Å². The van der Waals surface area contributed by atoms with E-state index in [0.717, 1.165) is 19.4 Å². The number of aryl methyl sites for hydroxylation is 1. The minimum absolute atomic E-state index is 0.0470. The van der Waals surface area contributed by atoms with Crippen molar-refractivity contribution in [3.63, 3.8) is 0 Å². The highest BCUT2D eigenvalue weighted by Crippen LogP contribution is 2.43. The van der Waals surface area contributed by atoms with E-state index in [9.17, 15) is 4.39 Å². The number of hydrogen-bond acceptors (Lipinski definition) is 2. The summed E-state index contributed by atoms with van der Waals surface area (Å²) in [7, 11) is 0. The van der Waals surface area contributed by atoms with Gasteiger partial charge in [-0.15, -0.1) is 0 Å². The van der Waals surface area contributed by atoms with E-state index in [4.69, 9.17) is 4.74 Å². The Morgan fingerprint density at radius 3 is 2.79 bits per heavy atom. The smallest absolute Gasteiger partial charge is 0.167 e. The van der Waals surface area contributed by atoms with Gasteiger partial charge < -0.3 is 10.1 Å². The van der Waals surface area contributed by atoms with Crippen molar-refractivity contribution in [1.82, 2.24) is 5.32 Å². The van der Waals surface area contributed by atoms with E-state index < -0.39 is 0 Å². The molecule has 3 heteroatoms. The molecule has 1 N–H and O–H groups in total. The molecule has 2 nitrogen and oxygen atoms in total. The summed E-state index contributed by atoms with van der Waals surface area (Å²) in [6.45, 7) is 9.32. The molecule has 1 saturated carbocycles. The number of nitrogens with one attached hydrogen (secondary N) is 1. The van der Waals surface area contributed by atoms with Crippen LogP contribution < -0.4 is 10.1 Å². The topological polar surface area (TPSA) is 21.3 Å². The largest absolute Gasteiger partial charge is 0.487 e. The van der Waals surface area contributed by atoms with Crippen LogP contribution in [0, 0.1) is 18.2 Å². The van der Waals surface area contributed by atoms with Crippen molar-refractivity contribution < 1.29 is 9.13 Å². The van der Waals surface area contributed by atoms with Crippen LogP contribution in [0.3, 0.4) is 0 Å². The second-order valence-electron chi connectivity index (χ2n) is 6.06. The Kier molecular flexibility index (Phi) is 4.14. The van der Waals surface area contributed by atoms with Gasteiger partial charge in [-0.05, 0) is 31.5 Å². The zero-order chi connectivity index (χ0) is 14.0. The van der Waals surface area contributed by atoms with Crippen LogP contribution in [0.2, 0.25) is 0 Å². The van der Waals surface area contributed by atoms with Crippen LogP contribution >= 0.6 is 0 Å². The molecule has 19 heavy (non-hydrogen) atoms. The molecule has 1 aromatic rings. The van der Waals surface area contributed by atoms with E-state index in [2.05, 4.69) is 26.1 Å². The van der Waals surface area contributed by atoms with Gasteiger partial charge in [0.2, 0.25) is 0 Å². The molecule has 0 aliphatic heterocycles. The van der Waals surface area contributed by atoms with Crippen LogP contribution in [0.1, 0.15) is 39.2 Å². The third kappa shape index (κ3) is 2.76. The lowest BCUT2D eigenvalue weighted by atomic mass is 9.64. The van der Waals surface area contributed by atoms with Crippen LogP contribution in [0.15, 0.2) is 18.2 Å². The van der Waals surface area contributed by atoms with Crippen molar-refractivity contribution in [2.75, 3.05) is 6.54 Å². The fourth-order valence-corrected chi connectivity index (χ4v) is 2.62. The van der Waals surface area contributed by atoms with Gasteiger partial charge >= 0.3 is 0 Å². The fourth-order valence-electron chi connectivity index (χ4n) is 2.62. The monoisotopic (exact) mass is 265 g/mol. The summed E-state index contributed by atoms with van der Waals surface area (Å²) in [6.07, 6.45) is 2.16. The zero-order valence-electron chi connectivity index (χ0n) is 12.3. The highest BCUT2D eigenvalue weighted by molar-refractivity contribution is 5.31. The van der Waals surface area contributed by atoms with Gasteiger partial charge in [-0.2, -0.15) is 0 Å². The molecule has 1 fully saturated rings. The van der Waals surface area contributed by atoms with E-state index in [0.29, 0.717) is 17.4 Å². The Bertz CT molecular complexity index is 444. The van der Waals surface area contributed by atoms with Crippen LogP contribution in [0.4, 0.5) is 4.39 Å². The average molecular weight is 265 g/mol. The van der Waals surface area contributed by atoms with Crippen LogP contribution in [-0.2, 0) is 0 Å². The first-order valence-electron chi connectivity index (χ1n) is 7.12. The van der Waals surface area contributed by atoms with Gasteiger partial charge in [-0.1, -0.05) is 32.9 Å². The molecule has 0 bridgehead atoms. The lowest BCUT2D eigenvalue weighted by Crippen LogP contribution is -2.62. The molecule has 106 valence electrons. The van der Waals surface area contributed by atoms with E-state index in [1.165, 1.54) is 0 Å². The Balaban J connectivity index is 2.00. The van der Waals surface area contributed by atoms with Crippen molar-refractivity contribution in [3.8, 4) is 5.75 Å². The quantitative estimate of drug-likeness (QED) is 0.877. The van der Waals surface area contributed by atoms with Gasteiger partial charge in [-0.3, -0.25) is 0 Å². The van der Waals surface area contributed by atoms with Crippen molar-refractivity contribution in [2.24, 2.45) is 5.41 Å². The molecule has 0 heterocycles. The predicted octanol–water partition coefficient (Wildman–Crippen LogP) is 3.68. The number of halogens is 1. The van der Waals surface area contributed by atoms with E-state index >= 15 is 0 Å². The van der Waals surface area contributed by atoms with Crippen molar-refractivity contribution in [1.29, 1.82) is 0 Å². The summed E-state index contributed by atoms with van der Waals surface area (Å²) in [4.78, 5) is 0. The molecule has 0 amide bonds. The number of rotatable bonds is 5. The van der Waals surface area contributed by atoms with Gasteiger partial charge in [0.1, 0.15) is 6.10 Å². The first-order valence-corrected chi connectivity index (χ1v) is 7.12. The zero-order valence-corrected chi connectivity index (χ0v) is 12.3. The number of hydrogen-bond donors (Lipinski definition) is 1. The number of ether oxygens (including phenoxy) is 1. The summed E-state index contributed by atoms with van der Waals surface area (Å²) >= 11 is 0. The Morgan fingerprint density at radius 2 is 2.16 bits per heavy atom. The number of benzene rings is 1. The molecule has 2 rings (SSSR count). The van der Waals surface area contributed by atoms with Gasteiger partial charge in [0, 0.05) is 17.9 Å². The van der Waals surface area contributed by atoms with E-state index in [1.54, 1.807) is 19.1 Å². The van der Waals surface area contributed by atoms with Crippen molar-refractivity contribution in [2.45, 2.75) is 52.7 Å². The molecule has 0 saturated heterocycles. The van der Waals surface area contributed by atoms with Crippen molar-refractivity contribution in [3.05, 3.63) is 29.6 Å². The molecular formula is C16H24FNO. The highest BCUT2D eigenvalue weighted by Gasteiger charge is 2.49. The van der Waals surface area contributed by atoms with E-state index in [-0.39, 0.29) is 17.3 Å². The summed E-state index contributed by atoms with van der Waals surface area (Å²) in [6, 6.07) is 5.78. The van der Waals surface area contributed by atoms with Gasteiger partial charge in [0.25, 0.3) is 0 Å². The van der Waals surface area contributed by atoms with Crippen molar-refractivity contribution >= 4 is 0 Å². The van der Waals surface area contributed by atoms with Crippen LogP contribution in [0.25, 0.3) is 0 Å². The standard InChI is InChI=1S/C16H24FNO/c1-5-9-18-13-10-14(16(13,3)4)19-12-8-6-7-11(2)15(12)17/h6-8,13-14,18H,5,9-10H2,1-4H3. The molecule has 1 aliphatic rings. The molecule has 2 unspecified atom stereocenters. The fraction of sp³-hybridized carbons (Fsp3) is 0.625. The molecule has 0 aromatic heterocycles. The summed E-state index contributed by atoms with van der Waals surface area (Å²) < 4.78 is 19.8. The van der Waals surface area contributed by atoms with Gasteiger partial charge in [0.15, 0.2) is 11.6 Å². The Hall–Kier alpha value is -1.09. The first kappa shape index (κ1) is 14.3. The predicted molar refractivity (Wildman–Crippen MR) is 76.0 cm³/mol. The molecule has 0 spiro atoms. The summed E-state index contributed by atoms with van der Waals surface area (Å²) in [5.74, 6) is 0.148. The summed E-state index contributed by atoms with van der Waals surface area (Å²) in [5.41, 5.74) is 0.682. The molecular weight excluding hydrogens is 241 g/mol. The van der Waals surface area contributed by atoms with Crippen LogP contribution in [0.5, 0.6) is 5.75 Å². The summed E-state index contributed by atoms with van der Waals surface area (Å²) in [5, 5.41) is 3.53. The minimum Gasteiger partial charge on any atom is -0.487 e. The Morgan fingerprint density at radius 1 is 1.42 bits per heavy atom. The maximum atomic E-state index is 13.9. The molecule has 1 aliphatic carbocycles. The molecule has 1 aromatic carbocycles. The first-order chi connectivity index (χ1) is 8.96.